The topological polar surface area (TPSA) is 39.6 Å². The molecule has 2 saturated heterocycles. The highest BCUT2D eigenvalue weighted by molar-refractivity contribution is 6.31. The molecule has 0 spiro atoms. The summed E-state index contributed by atoms with van der Waals surface area (Å²) < 4.78 is 0. The van der Waals surface area contributed by atoms with Crippen molar-refractivity contribution in [1.29, 1.82) is 0 Å². The SMILES string of the molecule is OC1CCN(C2CCN(c3ccnc4cc(Cl)ccc34)CC2)CC1. The molecule has 4 nitrogen and oxygen atoms in total. The van der Waals surface area contributed by atoms with Gasteiger partial charge >= 0.3 is 0 Å². The molecule has 1 N–H and O–H groups in total. The van der Waals surface area contributed by atoms with Gasteiger partial charge in [-0.3, -0.25) is 4.98 Å². The summed E-state index contributed by atoms with van der Waals surface area (Å²) in [7, 11) is 0. The van der Waals surface area contributed by atoms with Crippen LogP contribution in [-0.2, 0) is 0 Å². The molecule has 2 fully saturated rings. The molecule has 3 heterocycles. The van der Waals surface area contributed by atoms with E-state index in [0.29, 0.717) is 6.04 Å². The molecule has 2 aliphatic heterocycles. The van der Waals surface area contributed by atoms with Gasteiger partial charge in [0, 0.05) is 54.5 Å². The monoisotopic (exact) mass is 345 g/mol. The van der Waals surface area contributed by atoms with E-state index < -0.39 is 0 Å². The van der Waals surface area contributed by atoms with Crippen LogP contribution in [-0.4, -0.2) is 53.3 Å². The molecule has 1 aromatic heterocycles. The Morgan fingerprint density at radius 2 is 1.75 bits per heavy atom. The average Bonchev–Trinajstić information content (AvgIpc) is 2.62. The van der Waals surface area contributed by atoms with Gasteiger partial charge in [0.05, 0.1) is 11.6 Å². The first-order valence-electron chi connectivity index (χ1n) is 8.92. The molecule has 0 bridgehead atoms. The molecule has 128 valence electrons. The third-order valence-corrected chi connectivity index (χ3v) is 5.74. The van der Waals surface area contributed by atoms with Crippen molar-refractivity contribution in [3.63, 3.8) is 0 Å². The number of hydrogen-bond acceptors (Lipinski definition) is 4. The van der Waals surface area contributed by atoms with Crippen molar-refractivity contribution < 1.29 is 5.11 Å². The lowest BCUT2D eigenvalue weighted by molar-refractivity contribution is 0.0542. The standard InChI is InChI=1S/C19H24ClN3O/c20-14-1-2-17-18(13-14)21-8-3-19(17)23-9-4-15(5-10-23)22-11-6-16(24)7-12-22/h1-3,8,13,15-16,24H,4-7,9-12H2. The first kappa shape index (κ1) is 16.1. The number of hydrogen-bond donors (Lipinski definition) is 1. The van der Waals surface area contributed by atoms with Crippen molar-refractivity contribution in [3.05, 3.63) is 35.5 Å². The molecule has 2 aromatic rings. The second kappa shape index (κ2) is 6.87. The lowest BCUT2D eigenvalue weighted by Crippen LogP contribution is -2.48. The smallest absolute Gasteiger partial charge is 0.0737 e. The molecule has 4 rings (SSSR count). The number of aliphatic hydroxyl groups is 1. The molecule has 0 radical (unpaired) electrons. The number of pyridine rings is 1. The number of piperidine rings is 2. The number of anilines is 1. The number of aromatic nitrogens is 1. The number of fused-ring (bicyclic) bond motifs is 1. The molecular formula is C19H24ClN3O. The van der Waals surface area contributed by atoms with E-state index in [0.717, 1.165) is 49.6 Å². The third kappa shape index (κ3) is 3.23. The van der Waals surface area contributed by atoms with Crippen LogP contribution in [0.1, 0.15) is 25.7 Å². The minimum Gasteiger partial charge on any atom is -0.393 e. The fourth-order valence-electron chi connectivity index (χ4n) is 4.10. The molecule has 0 unspecified atom stereocenters. The van der Waals surface area contributed by atoms with Crippen molar-refractivity contribution in [2.24, 2.45) is 0 Å². The number of halogens is 1. The molecule has 5 heteroatoms. The highest BCUT2D eigenvalue weighted by Gasteiger charge is 2.28. The van der Waals surface area contributed by atoms with E-state index in [1.165, 1.54) is 23.9 Å². The van der Waals surface area contributed by atoms with E-state index in [2.05, 4.69) is 26.9 Å². The summed E-state index contributed by atoms with van der Waals surface area (Å²) in [6, 6.07) is 8.75. The third-order valence-electron chi connectivity index (χ3n) is 5.50. The summed E-state index contributed by atoms with van der Waals surface area (Å²) in [6.07, 6.45) is 6.02. The van der Waals surface area contributed by atoms with E-state index in [1.807, 2.05) is 18.3 Å². The predicted octanol–water partition coefficient (Wildman–Crippen LogP) is 3.31. The van der Waals surface area contributed by atoms with Crippen molar-refractivity contribution in [2.75, 3.05) is 31.1 Å². The Morgan fingerprint density at radius 1 is 1.00 bits per heavy atom. The number of nitrogens with zero attached hydrogens (tertiary/aromatic N) is 3. The largest absolute Gasteiger partial charge is 0.393 e. The first-order valence-corrected chi connectivity index (χ1v) is 9.30. The number of aliphatic hydroxyl groups excluding tert-OH is 1. The minimum atomic E-state index is -0.0867. The van der Waals surface area contributed by atoms with Gasteiger partial charge in [-0.1, -0.05) is 11.6 Å². The predicted molar refractivity (Wildman–Crippen MR) is 98.8 cm³/mol. The summed E-state index contributed by atoms with van der Waals surface area (Å²) in [6.45, 7) is 4.24. The summed E-state index contributed by atoms with van der Waals surface area (Å²) in [5.41, 5.74) is 2.23. The van der Waals surface area contributed by atoms with Crippen LogP contribution in [0, 0.1) is 0 Å². The van der Waals surface area contributed by atoms with E-state index >= 15 is 0 Å². The van der Waals surface area contributed by atoms with Crippen LogP contribution in [0.2, 0.25) is 5.02 Å². The van der Waals surface area contributed by atoms with E-state index in [-0.39, 0.29) is 6.10 Å². The Bertz CT molecular complexity index is 707. The Labute approximate surface area is 148 Å². The lowest BCUT2D eigenvalue weighted by Gasteiger charge is -2.42. The number of likely N-dealkylation sites (tertiary alicyclic amines) is 1. The molecule has 0 atom stereocenters. The van der Waals surface area contributed by atoms with Gasteiger partial charge in [0.2, 0.25) is 0 Å². The molecule has 0 amide bonds. The van der Waals surface area contributed by atoms with Crippen LogP contribution in [0.15, 0.2) is 30.5 Å². The summed E-state index contributed by atoms with van der Waals surface area (Å²) in [5, 5.41) is 11.6. The zero-order valence-corrected chi connectivity index (χ0v) is 14.6. The van der Waals surface area contributed by atoms with E-state index in [9.17, 15) is 5.11 Å². The molecule has 24 heavy (non-hydrogen) atoms. The quantitative estimate of drug-likeness (QED) is 0.906. The van der Waals surface area contributed by atoms with Crippen molar-refractivity contribution in [3.8, 4) is 0 Å². The highest BCUT2D eigenvalue weighted by Crippen LogP contribution is 2.30. The summed E-state index contributed by atoms with van der Waals surface area (Å²) in [4.78, 5) is 9.51. The Hall–Kier alpha value is -1.36. The Morgan fingerprint density at radius 3 is 2.50 bits per heavy atom. The second-order valence-corrected chi connectivity index (χ2v) is 7.41. The fourth-order valence-corrected chi connectivity index (χ4v) is 4.27. The van der Waals surface area contributed by atoms with Gasteiger partial charge < -0.3 is 14.9 Å². The molecule has 2 aliphatic rings. The van der Waals surface area contributed by atoms with Crippen molar-refractivity contribution in [1.82, 2.24) is 9.88 Å². The van der Waals surface area contributed by atoms with Gasteiger partial charge in [-0.15, -0.1) is 0 Å². The van der Waals surface area contributed by atoms with Gasteiger partial charge in [-0.05, 0) is 49.9 Å². The Kier molecular flexibility index (Phi) is 4.61. The average molecular weight is 346 g/mol. The van der Waals surface area contributed by atoms with Gasteiger partial charge in [-0.25, -0.2) is 0 Å². The van der Waals surface area contributed by atoms with Crippen molar-refractivity contribution in [2.45, 2.75) is 37.8 Å². The normalized spacial score (nSPS) is 21.5. The highest BCUT2D eigenvalue weighted by atomic mass is 35.5. The van der Waals surface area contributed by atoms with Crippen LogP contribution in [0.3, 0.4) is 0 Å². The molecule has 1 aromatic carbocycles. The zero-order chi connectivity index (χ0) is 16.5. The maximum absolute atomic E-state index is 9.69. The van der Waals surface area contributed by atoms with Gasteiger partial charge in [0.25, 0.3) is 0 Å². The Balaban J connectivity index is 1.46. The summed E-state index contributed by atoms with van der Waals surface area (Å²) >= 11 is 6.10. The summed E-state index contributed by atoms with van der Waals surface area (Å²) in [5.74, 6) is 0. The van der Waals surface area contributed by atoms with E-state index in [1.54, 1.807) is 0 Å². The van der Waals surface area contributed by atoms with Gasteiger partial charge in [0.1, 0.15) is 0 Å². The van der Waals surface area contributed by atoms with Crippen molar-refractivity contribution >= 4 is 28.2 Å². The van der Waals surface area contributed by atoms with Gasteiger partial charge in [-0.2, -0.15) is 0 Å². The van der Waals surface area contributed by atoms with E-state index in [4.69, 9.17) is 11.6 Å². The van der Waals surface area contributed by atoms with Gasteiger partial charge in [0.15, 0.2) is 0 Å². The maximum atomic E-state index is 9.69. The van der Waals surface area contributed by atoms with Crippen LogP contribution in [0.25, 0.3) is 10.9 Å². The lowest BCUT2D eigenvalue weighted by atomic mass is 9.98. The van der Waals surface area contributed by atoms with Crippen LogP contribution >= 0.6 is 11.6 Å². The van der Waals surface area contributed by atoms with Crippen LogP contribution in [0.5, 0.6) is 0 Å². The van der Waals surface area contributed by atoms with Crippen LogP contribution in [0.4, 0.5) is 5.69 Å². The molecule has 0 aliphatic carbocycles. The molecular weight excluding hydrogens is 322 g/mol. The van der Waals surface area contributed by atoms with Crippen LogP contribution < -0.4 is 4.90 Å². The first-order chi connectivity index (χ1) is 11.7. The molecule has 0 saturated carbocycles. The second-order valence-electron chi connectivity index (χ2n) is 6.98. The fraction of sp³-hybridized carbons (Fsp3) is 0.526. The minimum absolute atomic E-state index is 0.0867. The maximum Gasteiger partial charge on any atom is 0.0737 e. The number of benzene rings is 1. The zero-order valence-electron chi connectivity index (χ0n) is 13.9. The number of rotatable bonds is 2.